The maximum Gasteiger partial charge on any atom is 0.269 e. The average Bonchev–Trinajstić information content (AvgIpc) is 2.45. The molecule has 1 aromatic rings. The van der Waals surface area contributed by atoms with E-state index in [4.69, 9.17) is 5.73 Å². The molecule has 6 nitrogen and oxygen atoms in total. The number of amides is 1. The zero-order valence-electron chi connectivity index (χ0n) is 11.1. The highest BCUT2D eigenvalue weighted by Gasteiger charge is 2.19. The molecule has 0 spiro atoms. The van der Waals surface area contributed by atoms with E-state index in [0.29, 0.717) is 6.54 Å². The minimum Gasteiger partial charge on any atom is -0.338 e. The molecule has 1 unspecified atom stereocenters. The Labute approximate surface area is 117 Å². The highest BCUT2D eigenvalue weighted by molar-refractivity contribution is 5.91. The number of piperidine rings is 1. The van der Waals surface area contributed by atoms with E-state index in [1.54, 1.807) is 23.1 Å². The first-order valence-corrected chi connectivity index (χ1v) is 6.53. The Bertz CT molecular complexity index is 525. The molecule has 1 saturated heterocycles. The number of benzene rings is 1. The van der Waals surface area contributed by atoms with Gasteiger partial charge in [-0.3, -0.25) is 14.9 Å². The Morgan fingerprint density at radius 3 is 2.70 bits per heavy atom. The van der Waals surface area contributed by atoms with Crippen LogP contribution in [0, 0.1) is 10.1 Å². The summed E-state index contributed by atoms with van der Waals surface area (Å²) >= 11 is 0. The van der Waals surface area contributed by atoms with Gasteiger partial charge in [0.1, 0.15) is 0 Å². The predicted octanol–water partition coefficient (Wildman–Crippen LogP) is 1.56. The second-order valence-corrected chi connectivity index (χ2v) is 4.87. The van der Waals surface area contributed by atoms with E-state index in [1.165, 1.54) is 18.2 Å². The molecule has 20 heavy (non-hydrogen) atoms. The van der Waals surface area contributed by atoms with E-state index in [2.05, 4.69) is 0 Å². The van der Waals surface area contributed by atoms with Crippen LogP contribution in [0.4, 0.5) is 5.69 Å². The molecule has 2 N–H and O–H groups in total. The van der Waals surface area contributed by atoms with Crippen molar-refractivity contribution in [2.75, 3.05) is 13.1 Å². The lowest BCUT2D eigenvalue weighted by molar-refractivity contribution is -0.384. The fraction of sp³-hybridized carbons (Fsp3) is 0.357. The van der Waals surface area contributed by atoms with Crippen molar-refractivity contribution < 1.29 is 9.72 Å². The van der Waals surface area contributed by atoms with Crippen LogP contribution in [0.15, 0.2) is 30.3 Å². The maximum atomic E-state index is 12.0. The van der Waals surface area contributed by atoms with Gasteiger partial charge in [0.2, 0.25) is 5.91 Å². The molecule has 2 rings (SSSR count). The van der Waals surface area contributed by atoms with Gasteiger partial charge in [-0.15, -0.1) is 0 Å². The molecule has 1 amide bonds. The Balaban J connectivity index is 1.97. The van der Waals surface area contributed by atoms with Crippen molar-refractivity contribution in [2.24, 2.45) is 5.73 Å². The fourth-order valence-corrected chi connectivity index (χ4v) is 2.19. The predicted molar refractivity (Wildman–Crippen MR) is 75.9 cm³/mol. The number of non-ortho nitro benzene ring substituents is 1. The van der Waals surface area contributed by atoms with Crippen LogP contribution >= 0.6 is 0 Å². The Hall–Kier alpha value is -2.21. The number of carbonyl (C=O) groups excluding carboxylic acids is 1. The number of hydrogen-bond acceptors (Lipinski definition) is 4. The number of nitrogens with zero attached hydrogens (tertiary/aromatic N) is 2. The molecule has 1 aromatic carbocycles. The van der Waals surface area contributed by atoms with Gasteiger partial charge in [-0.2, -0.15) is 0 Å². The van der Waals surface area contributed by atoms with Crippen molar-refractivity contribution in [2.45, 2.75) is 18.9 Å². The molecule has 0 bridgehead atoms. The first-order valence-electron chi connectivity index (χ1n) is 6.53. The van der Waals surface area contributed by atoms with E-state index < -0.39 is 4.92 Å². The van der Waals surface area contributed by atoms with Crippen LogP contribution in [0.3, 0.4) is 0 Å². The monoisotopic (exact) mass is 275 g/mol. The van der Waals surface area contributed by atoms with E-state index in [9.17, 15) is 14.9 Å². The molecular weight excluding hydrogens is 258 g/mol. The van der Waals surface area contributed by atoms with E-state index in [-0.39, 0.29) is 17.6 Å². The van der Waals surface area contributed by atoms with Gasteiger partial charge in [0, 0.05) is 37.3 Å². The van der Waals surface area contributed by atoms with Crippen molar-refractivity contribution in [3.63, 3.8) is 0 Å². The summed E-state index contributed by atoms with van der Waals surface area (Å²) in [7, 11) is 0. The highest BCUT2D eigenvalue weighted by Crippen LogP contribution is 2.13. The lowest BCUT2D eigenvalue weighted by Gasteiger charge is -2.29. The normalized spacial score (nSPS) is 19.2. The summed E-state index contributed by atoms with van der Waals surface area (Å²) in [6.07, 6.45) is 5.03. The molecule has 0 aliphatic carbocycles. The molecular formula is C14H17N3O3. The Morgan fingerprint density at radius 2 is 2.10 bits per heavy atom. The van der Waals surface area contributed by atoms with E-state index >= 15 is 0 Å². The number of hydrogen-bond donors (Lipinski definition) is 1. The zero-order valence-corrected chi connectivity index (χ0v) is 11.1. The van der Waals surface area contributed by atoms with Gasteiger partial charge in [0.25, 0.3) is 5.69 Å². The molecule has 0 saturated carbocycles. The van der Waals surface area contributed by atoms with Crippen molar-refractivity contribution in [3.8, 4) is 0 Å². The third kappa shape index (κ3) is 3.64. The highest BCUT2D eigenvalue weighted by atomic mass is 16.6. The van der Waals surface area contributed by atoms with Gasteiger partial charge in [-0.1, -0.05) is 0 Å². The number of nitro groups is 1. The fourth-order valence-electron chi connectivity index (χ4n) is 2.19. The smallest absolute Gasteiger partial charge is 0.269 e. The molecule has 1 fully saturated rings. The van der Waals surface area contributed by atoms with Crippen LogP contribution in [0.25, 0.3) is 6.08 Å². The molecule has 6 heteroatoms. The van der Waals surface area contributed by atoms with Gasteiger partial charge in [-0.05, 0) is 36.6 Å². The Kier molecular flexibility index (Phi) is 4.47. The Morgan fingerprint density at radius 1 is 1.40 bits per heavy atom. The van der Waals surface area contributed by atoms with Crippen molar-refractivity contribution in [1.82, 2.24) is 4.90 Å². The van der Waals surface area contributed by atoms with Crippen molar-refractivity contribution in [1.29, 1.82) is 0 Å². The third-order valence-corrected chi connectivity index (χ3v) is 3.29. The first kappa shape index (κ1) is 14.2. The molecule has 1 atom stereocenters. The molecule has 106 valence electrons. The van der Waals surface area contributed by atoms with E-state index in [1.807, 2.05) is 0 Å². The summed E-state index contributed by atoms with van der Waals surface area (Å²) in [5, 5.41) is 10.5. The molecule has 0 aromatic heterocycles. The van der Waals surface area contributed by atoms with Gasteiger partial charge >= 0.3 is 0 Å². The number of rotatable bonds is 3. The quantitative estimate of drug-likeness (QED) is 0.515. The third-order valence-electron chi connectivity index (χ3n) is 3.29. The number of carbonyl (C=O) groups is 1. The lowest BCUT2D eigenvalue weighted by Crippen LogP contribution is -2.45. The van der Waals surface area contributed by atoms with Gasteiger partial charge < -0.3 is 10.6 Å². The van der Waals surface area contributed by atoms with Crippen molar-refractivity contribution in [3.05, 3.63) is 46.0 Å². The van der Waals surface area contributed by atoms with Crippen LogP contribution < -0.4 is 5.73 Å². The molecule has 0 radical (unpaired) electrons. The summed E-state index contributed by atoms with van der Waals surface area (Å²) in [6, 6.07) is 6.12. The molecule has 1 aliphatic heterocycles. The van der Waals surface area contributed by atoms with Crippen LogP contribution in [0.2, 0.25) is 0 Å². The second kappa shape index (κ2) is 6.29. The molecule has 1 aliphatic rings. The van der Waals surface area contributed by atoms with Crippen LogP contribution in [0.1, 0.15) is 18.4 Å². The number of likely N-dealkylation sites (tertiary alicyclic amines) is 1. The maximum absolute atomic E-state index is 12.0. The average molecular weight is 275 g/mol. The zero-order chi connectivity index (χ0) is 14.5. The van der Waals surface area contributed by atoms with E-state index in [0.717, 1.165) is 24.9 Å². The standard InChI is InChI=1S/C14H17N3O3/c15-12-2-1-9-16(10-12)14(18)8-5-11-3-6-13(7-4-11)17(19)20/h3-8,12H,1-2,9-10,15H2. The number of nitro benzene ring substituents is 1. The van der Waals surface area contributed by atoms with Crippen molar-refractivity contribution >= 4 is 17.7 Å². The largest absolute Gasteiger partial charge is 0.338 e. The van der Waals surface area contributed by atoms with Gasteiger partial charge in [-0.25, -0.2) is 0 Å². The number of nitrogens with two attached hydrogens (primary N) is 1. The summed E-state index contributed by atoms with van der Waals surface area (Å²) < 4.78 is 0. The van der Waals surface area contributed by atoms with Crippen LogP contribution in [0.5, 0.6) is 0 Å². The first-order chi connectivity index (χ1) is 9.56. The SMILES string of the molecule is NC1CCCN(C(=O)C=Cc2ccc([N+](=O)[O-])cc2)C1. The minimum atomic E-state index is -0.451. The van der Waals surface area contributed by atoms with Crippen LogP contribution in [-0.2, 0) is 4.79 Å². The summed E-state index contributed by atoms with van der Waals surface area (Å²) in [6.45, 7) is 1.32. The summed E-state index contributed by atoms with van der Waals surface area (Å²) in [5.41, 5.74) is 6.63. The molecule has 1 heterocycles. The summed E-state index contributed by atoms with van der Waals surface area (Å²) in [5.74, 6) is -0.0708. The topological polar surface area (TPSA) is 89.5 Å². The van der Waals surface area contributed by atoms with Gasteiger partial charge in [0.05, 0.1) is 4.92 Å². The van der Waals surface area contributed by atoms with Gasteiger partial charge in [0.15, 0.2) is 0 Å². The lowest BCUT2D eigenvalue weighted by atomic mass is 10.1. The summed E-state index contributed by atoms with van der Waals surface area (Å²) in [4.78, 5) is 23.8. The van der Waals surface area contributed by atoms with Crippen LogP contribution in [-0.4, -0.2) is 34.9 Å². The second-order valence-electron chi connectivity index (χ2n) is 4.87. The minimum absolute atomic E-state index is 0.0375.